The van der Waals surface area contributed by atoms with Gasteiger partial charge in [0.05, 0.1) is 17.6 Å². The van der Waals surface area contributed by atoms with E-state index in [-0.39, 0.29) is 11.9 Å². The van der Waals surface area contributed by atoms with E-state index in [1.54, 1.807) is 11.8 Å². The second-order valence-corrected chi connectivity index (χ2v) is 5.76. The molecule has 1 amide bonds. The van der Waals surface area contributed by atoms with Gasteiger partial charge in [0.1, 0.15) is 0 Å². The molecule has 1 aliphatic rings. The van der Waals surface area contributed by atoms with Crippen LogP contribution in [-0.2, 0) is 11.0 Å². The normalized spacial score (nSPS) is 24.2. The van der Waals surface area contributed by atoms with Gasteiger partial charge in [-0.3, -0.25) is 4.79 Å². The third-order valence-corrected chi connectivity index (χ3v) is 3.81. The molecule has 3 atom stereocenters. The summed E-state index contributed by atoms with van der Waals surface area (Å²) in [5.74, 6) is 0.143. The highest BCUT2D eigenvalue weighted by molar-refractivity contribution is 5.82. The van der Waals surface area contributed by atoms with Gasteiger partial charge < -0.3 is 10.6 Å². The average molecular weight is 300 g/mol. The van der Waals surface area contributed by atoms with Crippen LogP contribution in [0.3, 0.4) is 0 Å². The largest absolute Gasteiger partial charge is 0.416 e. The van der Waals surface area contributed by atoms with Gasteiger partial charge in [-0.2, -0.15) is 13.2 Å². The average Bonchev–Trinajstić information content (AvgIpc) is 2.79. The first-order valence-electron chi connectivity index (χ1n) is 6.93. The molecule has 1 aliphatic heterocycles. The molecule has 1 aromatic carbocycles. The quantitative estimate of drug-likeness (QED) is 0.912. The summed E-state index contributed by atoms with van der Waals surface area (Å²) in [6, 6.07) is 4.23. The first kappa shape index (κ1) is 15.8. The molecular weight excluding hydrogens is 281 g/mol. The third-order valence-electron chi connectivity index (χ3n) is 3.81. The summed E-state index contributed by atoms with van der Waals surface area (Å²) in [6.07, 6.45) is -3.60. The highest BCUT2D eigenvalue weighted by Gasteiger charge is 2.36. The number of amides is 1. The monoisotopic (exact) mass is 300 g/mol. The van der Waals surface area contributed by atoms with E-state index >= 15 is 0 Å². The highest BCUT2D eigenvalue weighted by atomic mass is 19.4. The Morgan fingerprint density at radius 1 is 1.33 bits per heavy atom. The number of carbonyl (C=O) groups excluding carboxylic acids is 1. The number of nitrogens with two attached hydrogens (primary N) is 1. The van der Waals surface area contributed by atoms with E-state index in [2.05, 4.69) is 0 Å². The number of rotatable bonds is 2. The topological polar surface area (TPSA) is 46.3 Å². The molecule has 6 heteroatoms. The van der Waals surface area contributed by atoms with E-state index < -0.39 is 17.8 Å². The van der Waals surface area contributed by atoms with Crippen LogP contribution in [0.25, 0.3) is 0 Å². The number of nitrogens with zero attached hydrogens (tertiary/aromatic N) is 1. The third kappa shape index (κ3) is 3.37. The van der Waals surface area contributed by atoms with Crippen LogP contribution in [0.15, 0.2) is 24.3 Å². The summed E-state index contributed by atoms with van der Waals surface area (Å²) in [6.45, 7) is 4.23. The van der Waals surface area contributed by atoms with Crippen LogP contribution in [0.1, 0.15) is 37.4 Å². The van der Waals surface area contributed by atoms with Crippen molar-refractivity contribution in [3.63, 3.8) is 0 Å². The Balaban J connectivity index is 2.25. The van der Waals surface area contributed by atoms with Crippen LogP contribution in [0.4, 0.5) is 13.2 Å². The predicted molar refractivity (Wildman–Crippen MR) is 73.3 cm³/mol. The van der Waals surface area contributed by atoms with Crippen LogP contribution in [0, 0.1) is 5.92 Å². The maximum Gasteiger partial charge on any atom is 0.416 e. The Hall–Kier alpha value is -1.56. The second-order valence-electron chi connectivity index (χ2n) is 5.76. The minimum Gasteiger partial charge on any atom is -0.334 e. The molecule has 21 heavy (non-hydrogen) atoms. The predicted octanol–water partition coefficient (Wildman–Crippen LogP) is 2.96. The van der Waals surface area contributed by atoms with Crippen molar-refractivity contribution in [2.24, 2.45) is 11.7 Å². The Bertz CT molecular complexity index is 511. The summed E-state index contributed by atoms with van der Waals surface area (Å²) in [5, 5.41) is 0. The van der Waals surface area contributed by atoms with Crippen LogP contribution in [0.5, 0.6) is 0 Å². The molecule has 0 saturated carbocycles. The van der Waals surface area contributed by atoms with Gasteiger partial charge in [0.15, 0.2) is 0 Å². The Morgan fingerprint density at radius 2 is 1.90 bits per heavy atom. The van der Waals surface area contributed by atoms with Gasteiger partial charge in [-0.15, -0.1) is 0 Å². The van der Waals surface area contributed by atoms with E-state index in [9.17, 15) is 18.0 Å². The Kier molecular flexibility index (Phi) is 4.27. The summed E-state index contributed by atoms with van der Waals surface area (Å²) < 4.78 is 37.8. The fraction of sp³-hybridized carbons (Fsp3) is 0.533. The lowest BCUT2D eigenvalue weighted by Gasteiger charge is -2.26. The zero-order valence-electron chi connectivity index (χ0n) is 12.0. The summed E-state index contributed by atoms with van der Waals surface area (Å²) in [5.41, 5.74) is 5.69. The maximum atomic E-state index is 12.6. The Labute approximate surface area is 121 Å². The number of hydrogen-bond acceptors (Lipinski definition) is 2. The van der Waals surface area contributed by atoms with Crippen molar-refractivity contribution in [1.29, 1.82) is 0 Å². The summed E-state index contributed by atoms with van der Waals surface area (Å²) >= 11 is 0. The summed E-state index contributed by atoms with van der Waals surface area (Å²) in [4.78, 5) is 13.8. The molecule has 1 saturated heterocycles. The van der Waals surface area contributed by atoms with Crippen molar-refractivity contribution in [3.8, 4) is 0 Å². The van der Waals surface area contributed by atoms with Gasteiger partial charge in [0.2, 0.25) is 5.91 Å². The zero-order valence-corrected chi connectivity index (χ0v) is 12.0. The van der Waals surface area contributed by atoms with Crippen molar-refractivity contribution < 1.29 is 18.0 Å². The van der Waals surface area contributed by atoms with E-state index in [1.165, 1.54) is 12.1 Å². The number of benzene rings is 1. The van der Waals surface area contributed by atoms with Crippen molar-refractivity contribution in [2.45, 2.75) is 38.5 Å². The van der Waals surface area contributed by atoms with Gasteiger partial charge in [-0.1, -0.05) is 19.1 Å². The van der Waals surface area contributed by atoms with Crippen LogP contribution in [0.2, 0.25) is 0 Å². The van der Waals surface area contributed by atoms with Gasteiger partial charge in [-0.25, -0.2) is 0 Å². The highest BCUT2D eigenvalue weighted by Crippen LogP contribution is 2.37. The number of carbonyl (C=O) groups is 1. The van der Waals surface area contributed by atoms with Gasteiger partial charge in [0, 0.05) is 6.54 Å². The van der Waals surface area contributed by atoms with Crippen LogP contribution >= 0.6 is 0 Å². The molecule has 0 spiro atoms. The maximum absolute atomic E-state index is 12.6. The molecule has 2 rings (SSSR count). The van der Waals surface area contributed by atoms with E-state index in [0.717, 1.165) is 24.1 Å². The number of alkyl halides is 3. The van der Waals surface area contributed by atoms with E-state index in [1.807, 2.05) is 6.92 Å². The lowest BCUT2D eigenvalue weighted by Crippen LogP contribution is -2.41. The van der Waals surface area contributed by atoms with Gasteiger partial charge in [-0.05, 0) is 37.0 Å². The molecule has 3 nitrogen and oxygen atoms in total. The van der Waals surface area contributed by atoms with Crippen molar-refractivity contribution in [1.82, 2.24) is 4.90 Å². The number of halogens is 3. The molecule has 1 fully saturated rings. The van der Waals surface area contributed by atoms with Crippen molar-refractivity contribution in [3.05, 3.63) is 35.4 Å². The second kappa shape index (κ2) is 5.67. The van der Waals surface area contributed by atoms with Crippen LogP contribution in [-0.4, -0.2) is 23.4 Å². The van der Waals surface area contributed by atoms with Gasteiger partial charge in [0.25, 0.3) is 0 Å². The molecule has 0 aliphatic carbocycles. The molecular formula is C15H19F3N2O. The van der Waals surface area contributed by atoms with Crippen molar-refractivity contribution in [2.75, 3.05) is 6.54 Å². The lowest BCUT2D eigenvalue weighted by molar-refractivity contribution is -0.137. The minimum atomic E-state index is -4.34. The van der Waals surface area contributed by atoms with Crippen molar-refractivity contribution >= 4 is 5.91 Å². The fourth-order valence-electron chi connectivity index (χ4n) is 2.76. The first-order chi connectivity index (χ1) is 9.70. The summed E-state index contributed by atoms with van der Waals surface area (Å²) in [7, 11) is 0. The molecule has 0 radical (unpaired) electrons. The molecule has 0 bridgehead atoms. The lowest BCUT2D eigenvalue weighted by atomic mass is 9.99. The van der Waals surface area contributed by atoms with Gasteiger partial charge >= 0.3 is 6.18 Å². The molecule has 0 aromatic heterocycles. The zero-order chi connectivity index (χ0) is 15.8. The molecule has 2 N–H and O–H groups in total. The SMILES string of the molecule is C[C@@H]1C[C@@H](c2ccc(C(F)(F)F)cc2)N(C(=O)[C@H](C)N)C1. The first-order valence-corrected chi connectivity index (χ1v) is 6.93. The minimum absolute atomic E-state index is 0.163. The van der Waals surface area contributed by atoms with E-state index in [4.69, 9.17) is 5.73 Å². The smallest absolute Gasteiger partial charge is 0.334 e. The Morgan fingerprint density at radius 3 is 2.38 bits per heavy atom. The number of likely N-dealkylation sites (tertiary alicyclic amines) is 1. The molecule has 1 heterocycles. The molecule has 116 valence electrons. The fourth-order valence-corrected chi connectivity index (χ4v) is 2.76. The van der Waals surface area contributed by atoms with E-state index in [0.29, 0.717) is 12.5 Å². The molecule has 0 unspecified atom stereocenters. The molecule has 1 aromatic rings. The van der Waals surface area contributed by atoms with Crippen LogP contribution < -0.4 is 5.73 Å². The standard InChI is InChI=1S/C15H19F3N2O/c1-9-7-13(20(8-9)14(21)10(2)19)11-3-5-12(6-4-11)15(16,17)18/h3-6,9-10,13H,7-8,19H2,1-2H3/t9-,10+,13+/m1/s1. The number of hydrogen-bond donors (Lipinski definition) is 1.